The second-order valence-corrected chi connectivity index (χ2v) is 7.82. The summed E-state index contributed by atoms with van der Waals surface area (Å²) in [6, 6.07) is 13.6. The third-order valence-electron chi connectivity index (χ3n) is 6.15. The van der Waals surface area contributed by atoms with Crippen LogP contribution in [0.4, 0.5) is 0 Å². The maximum atomic E-state index is 13.5. The highest BCUT2D eigenvalue weighted by Crippen LogP contribution is 2.41. The Hall–Kier alpha value is -3.15. The number of benzene rings is 2. The summed E-state index contributed by atoms with van der Waals surface area (Å²) in [5.41, 5.74) is 0.538. The van der Waals surface area contributed by atoms with Crippen molar-refractivity contribution in [1.82, 2.24) is 9.80 Å². The Morgan fingerprint density at radius 1 is 1.14 bits per heavy atom. The topological polar surface area (TPSA) is 66.9 Å². The van der Waals surface area contributed by atoms with Crippen molar-refractivity contribution in [3.8, 4) is 5.75 Å². The zero-order chi connectivity index (χ0) is 20.8. The minimum absolute atomic E-state index is 0.0802. The van der Waals surface area contributed by atoms with E-state index in [0.29, 0.717) is 35.5 Å². The molecule has 6 heteroatoms. The summed E-state index contributed by atoms with van der Waals surface area (Å²) in [6.07, 6.45) is 0. The number of amides is 2. The van der Waals surface area contributed by atoms with Crippen molar-refractivity contribution in [3.63, 3.8) is 0 Å². The van der Waals surface area contributed by atoms with Crippen molar-refractivity contribution in [3.05, 3.63) is 65.2 Å². The van der Waals surface area contributed by atoms with Crippen LogP contribution in [0.3, 0.4) is 0 Å². The SMILES string of the molecule is CCN1C(=O)c2ccccc2C(=O)[C@@]2(C)CN(C(=O)c3cccc(OC)c3)C[C@@H]12. The molecule has 2 aliphatic rings. The number of methoxy groups -OCH3 is 1. The smallest absolute Gasteiger partial charge is 0.254 e. The zero-order valence-corrected chi connectivity index (χ0v) is 16.8. The molecule has 2 aromatic rings. The maximum absolute atomic E-state index is 13.5. The summed E-state index contributed by atoms with van der Waals surface area (Å²) < 4.78 is 5.23. The van der Waals surface area contributed by atoms with Crippen LogP contribution < -0.4 is 4.74 Å². The van der Waals surface area contributed by atoms with E-state index in [1.54, 1.807) is 65.4 Å². The Bertz CT molecular complexity index is 1000. The molecule has 1 fully saturated rings. The van der Waals surface area contributed by atoms with E-state index >= 15 is 0 Å². The first-order chi connectivity index (χ1) is 13.9. The van der Waals surface area contributed by atoms with Gasteiger partial charge in [0.2, 0.25) is 0 Å². The highest BCUT2D eigenvalue weighted by Gasteiger charge is 2.55. The Balaban J connectivity index is 1.74. The molecule has 0 aliphatic carbocycles. The second-order valence-electron chi connectivity index (χ2n) is 7.82. The molecule has 2 aromatic carbocycles. The van der Waals surface area contributed by atoms with E-state index in [0.717, 1.165) is 0 Å². The summed E-state index contributed by atoms with van der Waals surface area (Å²) in [7, 11) is 1.55. The van der Waals surface area contributed by atoms with E-state index in [4.69, 9.17) is 4.74 Å². The fraction of sp³-hybridized carbons (Fsp3) is 0.348. The Morgan fingerprint density at radius 3 is 2.55 bits per heavy atom. The molecule has 4 rings (SSSR count). The van der Waals surface area contributed by atoms with Crippen LogP contribution in [-0.2, 0) is 0 Å². The summed E-state index contributed by atoms with van der Waals surface area (Å²) in [5.74, 6) is 0.206. The molecule has 150 valence electrons. The van der Waals surface area contributed by atoms with Crippen molar-refractivity contribution in [2.75, 3.05) is 26.7 Å². The number of likely N-dealkylation sites (N-methyl/N-ethyl adjacent to an activating group) is 1. The number of likely N-dealkylation sites (tertiary alicyclic amines) is 1. The molecular weight excluding hydrogens is 368 g/mol. The summed E-state index contributed by atoms with van der Waals surface area (Å²) in [4.78, 5) is 43.3. The van der Waals surface area contributed by atoms with E-state index in [9.17, 15) is 14.4 Å². The van der Waals surface area contributed by atoms with Gasteiger partial charge in [0, 0.05) is 30.8 Å². The number of hydrogen-bond donors (Lipinski definition) is 0. The monoisotopic (exact) mass is 392 g/mol. The van der Waals surface area contributed by atoms with Crippen LogP contribution in [-0.4, -0.2) is 60.2 Å². The molecule has 0 spiro atoms. The number of fused-ring (bicyclic) bond motifs is 2. The number of ketones is 1. The van der Waals surface area contributed by atoms with Gasteiger partial charge in [-0.15, -0.1) is 0 Å². The summed E-state index contributed by atoms with van der Waals surface area (Å²) >= 11 is 0. The summed E-state index contributed by atoms with van der Waals surface area (Å²) in [6.45, 7) is 4.85. The fourth-order valence-electron chi connectivity index (χ4n) is 4.57. The van der Waals surface area contributed by atoms with Gasteiger partial charge in [0.1, 0.15) is 5.75 Å². The zero-order valence-electron chi connectivity index (χ0n) is 16.8. The second kappa shape index (κ2) is 7.03. The molecular formula is C23H24N2O4. The molecule has 2 heterocycles. The summed E-state index contributed by atoms with van der Waals surface area (Å²) in [5, 5.41) is 0. The van der Waals surface area contributed by atoms with Crippen molar-refractivity contribution in [2.24, 2.45) is 5.41 Å². The largest absolute Gasteiger partial charge is 0.497 e. The van der Waals surface area contributed by atoms with E-state index < -0.39 is 5.41 Å². The van der Waals surface area contributed by atoms with Gasteiger partial charge in [-0.2, -0.15) is 0 Å². The molecule has 2 atom stereocenters. The lowest BCUT2D eigenvalue weighted by Gasteiger charge is -2.34. The minimum atomic E-state index is -0.854. The molecule has 2 aliphatic heterocycles. The normalized spacial score (nSPS) is 23.5. The fourth-order valence-corrected chi connectivity index (χ4v) is 4.57. The molecule has 2 amide bonds. The predicted octanol–water partition coefficient (Wildman–Crippen LogP) is 2.88. The van der Waals surface area contributed by atoms with Crippen LogP contribution in [0.5, 0.6) is 5.75 Å². The van der Waals surface area contributed by atoms with Crippen molar-refractivity contribution in [2.45, 2.75) is 19.9 Å². The first-order valence-electron chi connectivity index (χ1n) is 9.79. The molecule has 1 saturated heterocycles. The molecule has 0 bridgehead atoms. The molecule has 0 N–H and O–H groups in total. The van der Waals surface area contributed by atoms with Crippen molar-refractivity contribution < 1.29 is 19.1 Å². The lowest BCUT2D eigenvalue weighted by Crippen LogP contribution is -2.49. The number of carbonyl (C=O) groups is 3. The maximum Gasteiger partial charge on any atom is 0.254 e. The Morgan fingerprint density at radius 2 is 1.86 bits per heavy atom. The van der Waals surface area contributed by atoms with Gasteiger partial charge in [-0.1, -0.05) is 24.3 Å². The molecule has 0 saturated carbocycles. The van der Waals surface area contributed by atoms with Gasteiger partial charge in [-0.3, -0.25) is 14.4 Å². The number of ether oxygens (including phenoxy) is 1. The quantitative estimate of drug-likeness (QED) is 0.806. The number of rotatable bonds is 3. The highest BCUT2D eigenvalue weighted by atomic mass is 16.5. The van der Waals surface area contributed by atoms with Crippen molar-refractivity contribution >= 4 is 17.6 Å². The van der Waals surface area contributed by atoms with E-state index in [1.807, 2.05) is 13.8 Å². The standard InChI is InChI=1S/C23H24N2O4/c1-4-25-19-13-24(21(27)15-8-7-9-16(12-15)29-3)14-23(19,2)20(26)17-10-5-6-11-18(17)22(25)28/h5-12,19H,4,13-14H2,1-3H3/t19-,23+/m1/s1. The molecule has 0 unspecified atom stereocenters. The first kappa shape index (κ1) is 19.2. The number of hydrogen-bond acceptors (Lipinski definition) is 4. The molecule has 0 aromatic heterocycles. The first-order valence-corrected chi connectivity index (χ1v) is 9.79. The average molecular weight is 392 g/mol. The lowest BCUT2D eigenvalue weighted by atomic mass is 9.78. The van der Waals surface area contributed by atoms with E-state index in [-0.39, 0.29) is 30.2 Å². The Labute approximate surface area is 170 Å². The van der Waals surface area contributed by atoms with Gasteiger partial charge >= 0.3 is 0 Å². The van der Waals surface area contributed by atoms with E-state index in [2.05, 4.69) is 0 Å². The van der Waals surface area contributed by atoms with Gasteiger partial charge < -0.3 is 14.5 Å². The third kappa shape index (κ3) is 2.90. The van der Waals surface area contributed by atoms with Crippen LogP contribution >= 0.6 is 0 Å². The van der Waals surface area contributed by atoms with Gasteiger partial charge in [-0.05, 0) is 38.1 Å². The Kier molecular flexibility index (Phi) is 4.65. The number of Topliss-reactive ketones (excluding diaryl/α,β-unsaturated/α-hetero) is 1. The number of carbonyl (C=O) groups excluding carboxylic acids is 3. The highest BCUT2D eigenvalue weighted by molar-refractivity contribution is 6.13. The van der Waals surface area contributed by atoms with Gasteiger partial charge in [0.25, 0.3) is 11.8 Å². The number of nitrogens with zero attached hydrogens (tertiary/aromatic N) is 2. The van der Waals surface area contributed by atoms with Crippen molar-refractivity contribution in [1.29, 1.82) is 0 Å². The molecule has 0 radical (unpaired) electrons. The van der Waals surface area contributed by atoms with Crippen LogP contribution in [0.2, 0.25) is 0 Å². The third-order valence-corrected chi connectivity index (χ3v) is 6.15. The van der Waals surface area contributed by atoms with Crippen LogP contribution in [0, 0.1) is 5.41 Å². The van der Waals surface area contributed by atoms with Gasteiger partial charge in [-0.25, -0.2) is 0 Å². The molecule has 6 nitrogen and oxygen atoms in total. The molecule has 29 heavy (non-hydrogen) atoms. The minimum Gasteiger partial charge on any atom is -0.497 e. The predicted molar refractivity (Wildman–Crippen MR) is 108 cm³/mol. The van der Waals surface area contributed by atoms with E-state index in [1.165, 1.54) is 0 Å². The van der Waals surface area contributed by atoms with Crippen LogP contribution in [0.1, 0.15) is 44.9 Å². The van der Waals surface area contributed by atoms with Crippen LogP contribution in [0.15, 0.2) is 48.5 Å². The van der Waals surface area contributed by atoms with Gasteiger partial charge in [0.15, 0.2) is 5.78 Å². The van der Waals surface area contributed by atoms with Gasteiger partial charge in [0.05, 0.1) is 24.1 Å². The lowest BCUT2D eigenvalue weighted by molar-refractivity contribution is 0.0559. The average Bonchev–Trinajstić information content (AvgIpc) is 3.08. The van der Waals surface area contributed by atoms with Crippen LogP contribution in [0.25, 0.3) is 0 Å².